The van der Waals surface area contributed by atoms with E-state index in [0.29, 0.717) is 0 Å². The van der Waals surface area contributed by atoms with Crippen molar-refractivity contribution < 1.29 is 0 Å². The molecule has 0 aromatic heterocycles. The molecule has 0 saturated carbocycles. The van der Waals surface area contributed by atoms with Gasteiger partial charge in [-0.15, -0.1) is 0 Å². The lowest BCUT2D eigenvalue weighted by molar-refractivity contribution is 0.575. The predicted octanol–water partition coefficient (Wildman–Crippen LogP) is 5.70. The molecule has 0 aliphatic rings. The summed E-state index contributed by atoms with van der Waals surface area (Å²) in [7, 11) is 0. The first kappa shape index (κ1) is 15.1. The van der Waals surface area contributed by atoms with Crippen molar-refractivity contribution in [3.63, 3.8) is 0 Å². The Bertz CT molecular complexity index is 364. The van der Waals surface area contributed by atoms with Crippen molar-refractivity contribution in [3.05, 3.63) is 34.9 Å². The number of rotatable bonds is 8. The summed E-state index contributed by atoms with van der Waals surface area (Å²) in [6.07, 6.45) is 8.59. The summed E-state index contributed by atoms with van der Waals surface area (Å²) in [5, 5.41) is 9.94. The number of nitriles is 1. The van der Waals surface area contributed by atoms with Crippen molar-refractivity contribution in [2.75, 3.05) is 0 Å². The monoisotopic (exact) mass is 263 g/mol. The zero-order valence-corrected chi connectivity index (χ0v) is 11.9. The Morgan fingerprint density at radius 2 is 1.67 bits per heavy atom. The maximum Gasteiger partial charge on any atom is 0.0712 e. The van der Waals surface area contributed by atoms with Gasteiger partial charge in [0.05, 0.1) is 12.0 Å². The summed E-state index contributed by atoms with van der Waals surface area (Å²) in [4.78, 5) is 0. The number of hydrogen-bond donors (Lipinski definition) is 0. The van der Waals surface area contributed by atoms with Gasteiger partial charge in [0, 0.05) is 5.02 Å². The maximum absolute atomic E-state index is 9.21. The first-order valence-corrected chi connectivity index (χ1v) is 7.30. The van der Waals surface area contributed by atoms with Crippen LogP contribution in [0, 0.1) is 11.3 Å². The number of halogens is 1. The number of nitrogens with zero attached hydrogens (tertiary/aromatic N) is 1. The third-order valence-corrected chi connectivity index (χ3v) is 3.53. The zero-order chi connectivity index (χ0) is 13.2. The summed E-state index contributed by atoms with van der Waals surface area (Å²) in [6.45, 7) is 2.23. The van der Waals surface area contributed by atoms with E-state index in [-0.39, 0.29) is 5.92 Å². The fourth-order valence-electron chi connectivity index (χ4n) is 2.13. The molecule has 0 saturated heterocycles. The SMILES string of the molecule is CCCCCCCC[C@@H](C#N)c1ccc(Cl)cc1. The second kappa shape index (κ2) is 9.00. The van der Waals surface area contributed by atoms with Gasteiger partial charge in [-0.2, -0.15) is 5.26 Å². The van der Waals surface area contributed by atoms with Crippen LogP contribution in [0.3, 0.4) is 0 Å². The van der Waals surface area contributed by atoms with Gasteiger partial charge in [0.2, 0.25) is 0 Å². The first-order valence-electron chi connectivity index (χ1n) is 6.93. The van der Waals surface area contributed by atoms with Gasteiger partial charge in [-0.1, -0.05) is 69.2 Å². The highest BCUT2D eigenvalue weighted by atomic mass is 35.5. The average Bonchev–Trinajstić information content (AvgIpc) is 2.39. The minimum Gasteiger partial charge on any atom is -0.198 e. The second-order valence-electron chi connectivity index (χ2n) is 4.79. The third kappa shape index (κ3) is 5.56. The quantitative estimate of drug-likeness (QED) is 0.552. The van der Waals surface area contributed by atoms with Gasteiger partial charge in [0.1, 0.15) is 0 Å². The molecule has 1 rings (SSSR count). The molecule has 1 nitrogen and oxygen atoms in total. The summed E-state index contributed by atoms with van der Waals surface area (Å²) in [5.74, 6) is 0.0217. The van der Waals surface area contributed by atoms with Crippen molar-refractivity contribution in [2.45, 2.75) is 57.8 Å². The minimum absolute atomic E-state index is 0.0217. The third-order valence-electron chi connectivity index (χ3n) is 3.27. The summed E-state index contributed by atoms with van der Waals surface area (Å²) in [5.41, 5.74) is 1.09. The molecule has 0 aliphatic carbocycles. The Kier molecular flexibility index (Phi) is 7.53. The highest BCUT2D eigenvalue weighted by molar-refractivity contribution is 6.30. The molecule has 0 spiro atoms. The van der Waals surface area contributed by atoms with Gasteiger partial charge in [-0.05, 0) is 24.1 Å². The van der Waals surface area contributed by atoms with Crippen molar-refractivity contribution in [2.24, 2.45) is 0 Å². The van der Waals surface area contributed by atoms with E-state index < -0.39 is 0 Å². The van der Waals surface area contributed by atoms with Crippen LogP contribution in [0.15, 0.2) is 24.3 Å². The number of unbranched alkanes of at least 4 members (excludes halogenated alkanes) is 5. The van der Waals surface area contributed by atoms with E-state index in [2.05, 4.69) is 13.0 Å². The van der Waals surface area contributed by atoms with E-state index in [1.54, 1.807) is 0 Å². The number of benzene rings is 1. The Morgan fingerprint density at radius 3 is 2.28 bits per heavy atom. The van der Waals surface area contributed by atoms with Crippen LogP contribution in [0.5, 0.6) is 0 Å². The maximum atomic E-state index is 9.21. The highest BCUT2D eigenvalue weighted by Gasteiger charge is 2.09. The molecule has 0 bridgehead atoms. The molecule has 98 valence electrons. The molecule has 18 heavy (non-hydrogen) atoms. The smallest absolute Gasteiger partial charge is 0.0712 e. The lowest BCUT2D eigenvalue weighted by atomic mass is 9.94. The fourth-order valence-corrected chi connectivity index (χ4v) is 2.26. The summed E-state index contributed by atoms with van der Waals surface area (Å²) < 4.78 is 0. The first-order chi connectivity index (χ1) is 8.77. The molecular weight excluding hydrogens is 242 g/mol. The lowest BCUT2D eigenvalue weighted by Crippen LogP contribution is -1.95. The van der Waals surface area contributed by atoms with Crippen molar-refractivity contribution >= 4 is 11.6 Å². The van der Waals surface area contributed by atoms with Gasteiger partial charge in [0.15, 0.2) is 0 Å². The lowest BCUT2D eigenvalue weighted by Gasteiger charge is -2.09. The Labute approximate surface area is 116 Å². The van der Waals surface area contributed by atoms with E-state index in [9.17, 15) is 5.26 Å². The fraction of sp³-hybridized carbons (Fsp3) is 0.562. The molecular formula is C16H22ClN. The molecule has 1 atom stereocenters. The standard InChI is InChI=1S/C16H22ClN/c1-2-3-4-5-6-7-8-15(13-18)14-9-11-16(17)12-10-14/h9-12,15H,2-8H2,1H3/t15-/m0/s1. The van der Waals surface area contributed by atoms with Gasteiger partial charge < -0.3 is 0 Å². The van der Waals surface area contributed by atoms with Crippen LogP contribution >= 0.6 is 11.6 Å². The minimum atomic E-state index is 0.0217. The van der Waals surface area contributed by atoms with E-state index in [4.69, 9.17) is 11.6 Å². The Hall–Kier alpha value is -1.00. The molecule has 0 N–H and O–H groups in total. The predicted molar refractivity (Wildman–Crippen MR) is 77.8 cm³/mol. The van der Waals surface area contributed by atoms with Gasteiger partial charge in [-0.25, -0.2) is 0 Å². The van der Waals surface area contributed by atoms with Crippen LogP contribution in [-0.4, -0.2) is 0 Å². The van der Waals surface area contributed by atoms with Crippen LogP contribution in [-0.2, 0) is 0 Å². The van der Waals surface area contributed by atoms with Crippen LogP contribution in [0.2, 0.25) is 5.02 Å². The Balaban J connectivity index is 2.30. The van der Waals surface area contributed by atoms with E-state index in [0.717, 1.165) is 23.4 Å². The zero-order valence-electron chi connectivity index (χ0n) is 11.2. The normalized spacial score (nSPS) is 12.1. The number of hydrogen-bond acceptors (Lipinski definition) is 1. The van der Waals surface area contributed by atoms with E-state index in [1.807, 2.05) is 24.3 Å². The second-order valence-corrected chi connectivity index (χ2v) is 5.23. The van der Waals surface area contributed by atoms with Gasteiger partial charge >= 0.3 is 0 Å². The Morgan fingerprint density at radius 1 is 1.06 bits per heavy atom. The molecule has 0 heterocycles. The van der Waals surface area contributed by atoms with Gasteiger partial charge in [-0.3, -0.25) is 0 Å². The van der Waals surface area contributed by atoms with Gasteiger partial charge in [0.25, 0.3) is 0 Å². The average molecular weight is 264 g/mol. The molecule has 0 amide bonds. The summed E-state index contributed by atoms with van der Waals surface area (Å²) in [6, 6.07) is 10.1. The van der Waals surface area contributed by atoms with Crippen molar-refractivity contribution in [3.8, 4) is 6.07 Å². The highest BCUT2D eigenvalue weighted by Crippen LogP contribution is 2.23. The van der Waals surface area contributed by atoms with E-state index in [1.165, 1.54) is 32.1 Å². The molecule has 0 aliphatic heterocycles. The molecule has 1 aromatic rings. The topological polar surface area (TPSA) is 23.8 Å². The molecule has 0 radical (unpaired) electrons. The van der Waals surface area contributed by atoms with Crippen LogP contribution in [0.1, 0.15) is 63.4 Å². The van der Waals surface area contributed by atoms with Crippen LogP contribution < -0.4 is 0 Å². The van der Waals surface area contributed by atoms with Crippen molar-refractivity contribution in [1.29, 1.82) is 5.26 Å². The summed E-state index contributed by atoms with van der Waals surface area (Å²) >= 11 is 5.85. The van der Waals surface area contributed by atoms with Crippen molar-refractivity contribution in [1.82, 2.24) is 0 Å². The van der Waals surface area contributed by atoms with E-state index >= 15 is 0 Å². The van der Waals surface area contributed by atoms with Crippen LogP contribution in [0.4, 0.5) is 0 Å². The molecule has 1 aromatic carbocycles. The molecule has 2 heteroatoms. The molecule has 0 fully saturated rings. The molecule has 0 unspecified atom stereocenters. The largest absolute Gasteiger partial charge is 0.198 e. The van der Waals surface area contributed by atoms with Crippen LogP contribution in [0.25, 0.3) is 0 Å².